The molecule has 4 aliphatic rings. The van der Waals surface area contributed by atoms with Crippen molar-refractivity contribution in [3.05, 3.63) is 39.9 Å². The van der Waals surface area contributed by atoms with E-state index in [1.54, 1.807) is 32.9 Å². The zero-order valence-electron chi connectivity index (χ0n) is 16.8. The Morgan fingerprint density at radius 3 is 2.20 bits per heavy atom. The largest absolute Gasteiger partial charge is 0.374 e. The number of aryl methyl sites for hydroxylation is 3. The fourth-order valence-corrected chi connectivity index (χ4v) is 7.39. The van der Waals surface area contributed by atoms with E-state index >= 15 is 0 Å². The number of likely N-dealkylation sites (tertiary alicyclic amines) is 1. The number of piperidine rings is 1. The molecular formula is C20H21ClN2O6S. The van der Waals surface area contributed by atoms with Gasteiger partial charge in [-0.1, -0.05) is 29.3 Å². The number of fused-ring (bicyclic) bond motifs is 1. The van der Waals surface area contributed by atoms with Gasteiger partial charge in [0.15, 0.2) is 5.60 Å². The lowest BCUT2D eigenvalue weighted by Gasteiger charge is -2.50. The highest BCUT2D eigenvalue weighted by atomic mass is 35.5. The summed E-state index contributed by atoms with van der Waals surface area (Å²) in [5.41, 5.74) is -0.877. The van der Waals surface area contributed by atoms with E-state index in [4.69, 9.17) is 11.6 Å². The molecule has 3 heterocycles. The maximum atomic E-state index is 13.6. The van der Waals surface area contributed by atoms with Gasteiger partial charge in [-0.2, -0.15) is 0 Å². The molecule has 3 amide bonds. The van der Waals surface area contributed by atoms with Gasteiger partial charge in [0.2, 0.25) is 11.8 Å². The number of carbonyl (C=O) groups excluding carboxylic acids is 3. The third-order valence-corrected chi connectivity index (χ3v) is 8.68. The number of rotatable bonds is 3. The summed E-state index contributed by atoms with van der Waals surface area (Å²) in [6.07, 6.45) is 1.20. The summed E-state index contributed by atoms with van der Waals surface area (Å²) in [6.45, 7) is 6.68. The van der Waals surface area contributed by atoms with Crippen LogP contribution < -0.4 is 0 Å². The number of halogens is 1. The Labute approximate surface area is 179 Å². The van der Waals surface area contributed by atoms with Crippen molar-refractivity contribution in [2.45, 2.75) is 44.2 Å². The van der Waals surface area contributed by atoms with E-state index in [9.17, 15) is 27.9 Å². The summed E-state index contributed by atoms with van der Waals surface area (Å²) < 4.78 is 27.8. The average Bonchev–Trinajstić information content (AvgIpc) is 2.88. The molecule has 2 fully saturated rings. The molecule has 1 aromatic carbocycles. The lowest BCUT2D eigenvalue weighted by molar-refractivity contribution is -0.165. The predicted octanol–water partition coefficient (Wildman–Crippen LogP) is 1.000. The second kappa shape index (κ2) is 6.38. The fraction of sp³-hybridized carbons (Fsp3) is 0.450. The number of sulfonamides is 1. The quantitative estimate of drug-likeness (QED) is 0.685. The molecule has 2 bridgehead atoms. The maximum absolute atomic E-state index is 13.6. The molecule has 1 aromatic rings. The summed E-state index contributed by atoms with van der Waals surface area (Å²) in [7, 11) is -4.45. The molecule has 2 saturated heterocycles. The van der Waals surface area contributed by atoms with Crippen molar-refractivity contribution < 1.29 is 27.9 Å². The van der Waals surface area contributed by atoms with E-state index in [1.165, 1.54) is 6.08 Å². The smallest absolute Gasteiger partial charge is 0.275 e. The Bertz CT molecular complexity index is 1140. The highest BCUT2D eigenvalue weighted by Crippen LogP contribution is 2.53. The van der Waals surface area contributed by atoms with Crippen LogP contribution in [-0.4, -0.2) is 58.6 Å². The van der Waals surface area contributed by atoms with Crippen LogP contribution in [0.15, 0.2) is 28.1 Å². The molecule has 0 saturated carbocycles. The number of benzene rings is 1. The number of hydrogen-bond acceptors (Lipinski definition) is 6. The molecule has 3 aliphatic heterocycles. The van der Waals surface area contributed by atoms with Crippen molar-refractivity contribution in [3.8, 4) is 0 Å². The standard InChI is InChI=1S/C20H21ClN2O6S/c1-5-22-17(24)14-12-8-13(21)20(27,15(14)18(22)25)19(26)23(12)30(28,29)16-10(3)6-9(2)7-11(16)4/h6-8,12,14-15,27H,5H2,1-4H3. The summed E-state index contributed by atoms with van der Waals surface area (Å²) >= 11 is 6.15. The van der Waals surface area contributed by atoms with E-state index in [2.05, 4.69) is 0 Å². The van der Waals surface area contributed by atoms with Gasteiger partial charge in [-0.3, -0.25) is 19.3 Å². The van der Waals surface area contributed by atoms with Crippen molar-refractivity contribution in [2.75, 3.05) is 6.54 Å². The average molecular weight is 453 g/mol. The number of amides is 3. The van der Waals surface area contributed by atoms with E-state index in [1.807, 2.05) is 6.92 Å². The van der Waals surface area contributed by atoms with Gasteiger partial charge in [-0.15, -0.1) is 0 Å². The molecule has 0 spiro atoms. The van der Waals surface area contributed by atoms with Gasteiger partial charge in [0.05, 0.1) is 27.8 Å². The van der Waals surface area contributed by atoms with E-state index in [0.717, 1.165) is 10.5 Å². The van der Waals surface area contributed by atoms with E-state index in [0.29, 0.717) is 15.4 Å². The fourth-order valence-electron chi connectivity index (χ4n) is 5.07. The van der Waals surface area contributed by atoms with Crippen LogP contribution >= 0.6 is 11.6 Å². The molecule has 5 rings (SSSR count). The van der Waals surface area contributed by atoms with Crippen LogP contribution in [0.2, 0.25) is 0 Å². The predicted molar refractivity (Wildman–Crippen MR) is 107 cm³/mol. The molecule has 160 valence electrons. The van der Waals surface area contributed by atoms with Crippen LogP contribution in [0.5, 0.6) is 0 Å². The third kappa shape index (κ3) is 2.36. The molecular weight excluding hydrogens is 432 g/mol. The van der Waals surface area contributed by atoms with Crippen LogP contribution in [0, 0.1) is 32.6 Å². The van der Waals surface area contributed by atoms with Crippen LogP contribution in [0.25, 0.3) is 0 Å². The Hall–Kier alpha value is -2.23. The van der Waals surface area contributed by atoms with Crippen molar-refractivity contribution in [2.24, 2.45) is 11.8 Å². The minimum Gasteiger partial charge on any atom is -0.374 e. The topological polar surface area (TPSA) is 112 Å². The van der Waals surface area contributed by atoms with Gasteiger partial charge < -0.3 is 5.11 Å². The molecule has 1 N–H and O–H groups in total. The third-order valence-electron chi connectivity index (χ3n) is 6.18. The first-order valence-electron chi connectivity index (χ1n) is 9.51. The van der Waals surface area contributed by atoms with Gasteiger partial charge in [-0.05, 0) is 44.9 Å². The Morgan fingerprint density at radius 1 is 1.10 bits per heavy atom. The van der Waals surface area contributed by atoms with Gasteiger partial charge in [0, 0.05) is 6.54 Å². The van der Waals surface area contributed by atoms with E-state index in [-0.39, 0.29) is 16.5 Å². The number of hydrogen-bond donors (Lipinski definition) is 1. The number of imide groups is 1. The minimum atomic E-state index is -4.45. The van der Waals surface area contributed by atoms with Crippen LogP contribution in [0.3, 0.4) is 0 Å². The van der Waals surface area contributed by atoms with Gasteiger partial charge in [-0.25, -0.2) is 12.7 Å². The Kier molecular flexibility index (Phi) is 4.47. The SMILES string of the molecule is CCN1C(=O)C2C3C=C(Cl)C(O)(C(=O)N3S(=O)(=O)c3c(C)cc(C)cc3C)C2C1=O. The van der Waals surface area contributed by atoms with Gasteiger partial charge >= 0.3 is 0 Å². The zero-order chi connectivity index (χ0) is 22.3. The number of aliphatic hydroxyl groups is 1. The highest BCUT2D eigenvalue weighted by molar-refractivity contribution is 7.89. The molecule has 10 heteroatoms. The lowest BCUT2D eigenvalue weighted by Crippen LogP contribution is -2.70. The molecule has 30 heavy (non-hydrogen) atoms. The molecule has 8 nitrogen and oxygen atoms in total. The monoisotopic (exact) mass is 452 g/mol. The van der Waals surface area contributed by atoms with Crippen molar-refractivity contribution in [1.82, 2.24) is 9.21 Å². The second-order valence-electron chi connectivity index (χ2n) is 8.03. The Balaban J connectivity index is 1.94. The summed E-state index contributed by atoms with van der Waals surface area (Å²) in [4.78, 5) is 39.9. The first-order valence-corrected chi connectivity index (χ1v) is 11.3. The van der Waals surface area contributed by atoms with Gasteiger partial charge in [0.1, 0.15) is 0 Å². The summed E-state index contributed by atoms with van der Waals surface area (Å²) in [5, 5.41) is 10.9. The molecule has 0 radical (unpaired) electrons. The number of carbonyl (C=O) groups is 3. The van der Waals surface area contributed by atoms with Gasteiger partial charge in [0.25, 0.3) is 15.9 Å². The normalized spacial score (nSPS) is 30.8. The first kappa shape index (κ1) is 21.0. The number of nitrogens with zero attached hydrogens (tertiary/aromatic N) is 2. The second-order valence-corrected chi connectivity index (χ2v) is 10.2. The summed E-state index contributed by atoms with van der Waals surface area (Å²) in [5.74, 6) is -5.21. The molecule has 4 unspecified atom stereocenters. The minimum absolute atomic E-state index is 0.0439. The summed E-state index contributed by atoms with van der Waals surface area (Å²) in [6, 6.07) is 2.06. The van der Waals surface area contributed by atoms with Crippen LogP contribution in [0.1, 0.15) is 23.6 Å². The van der Waals surface area contributed by atoms with Crippen molar-refractivity contribution >= 4 is 39.3 Å². The van der Waals surface area contributed by atoms with Crippen LogP contribution in [-0.2, 0) is 24.4 Å². The van der Waals surface area contributed by atoms with Crippen LogP contribution in [0.4, 0.5) is 0 Å². The maximum Gasteiger partial charge on any atom is 0.275 e. The first-order chi connectivity index (χ1) is 13.9. The highest BCUT2D eigenvalue weighted by Gasteiger charge is 2.72. The molecule has 1 aliphatic carbocycles. The van der Waals surface area contributed by atoms with E-state index < -0.39 is 51.2 Å². The molecule has 4 atom stereocenters. The Morgan fingerprint density at radius 2 is 1.67 bits per heavy atom. The lowest BCUT2D eigenvalue weighted by atomic mass is 9.67. The van der Waals surface area contributed by atoms with Crippen molar-refractivity contribution in [3.63, 3.8) is 0 Å². The molecule has 0 aromatic heterocycles. The zero-order valence-corrected chi connectivity index (χ0v) is 18.4. The van der Waals surface area contributed by atoms with Crippen molar-refractivity contribution in [1.29, 1.82) is 0 Å².